The van der Waals surface area contributed by atoms with E-state index in [1.165, 1.54) is 0 Å². The number of nitrogens with one attached hydrogen (secondary N) is 1. The Labute approximate surface area is 89.2 Å². The van der Waals surface area contributed by atoms with Crippen LogP contribution in [0.3, 0.4) is 0 Å². The maximum absolute atomic E-state index is 9.75. The van der Waals surface area contributed by atoms with Gasteiger partial charge in [0.1, 0.15) is 0 Å². The van der Waals surface area contributed by atoms with Crippen molar-refractivity contribution in [3.8, 4) is 0 Å². The maximum atomic E-state index is 9.75. The van der Waals surface area contributed by atoms with Crippen molar-refractivity contribution in [1.82, 2.24) is 5.32 Å². The van der Waals surface area contributed by atoms with E-state index in [1.807, 2.05) is 6.92 Å². The van der Waals surface area contributed by atoms with Crippen LogP contribution in [0.5, 0.6) is 0 Å². The molecule has 0 aliphatic rings. The summed E-state index contributed by atoms with van der Waals surface area (Å²) >= 11 is 7.89. The summed E-state index contributed by atoms with van der Waals surface area (Å²) in [5.74, 6) is 0. The number of rotatable bonds is 1. The molecule has 7 heteroatoms. The Morgan fingerprint density at radius 2 is 1.73 bits per heavy atom. The first-order valence-electron chi connectivity index (χ1n) is 2.42. The van der Waals surface area contributed by atoms with Gasteiger partial charge in [0.05, 0.1) is 10.5 Å². The Morgan fingerprint density at radius 1 is 1.45 bits per heavy atom. The molecule has 0 saturated carbocycles. The van der Waals surface area contributed by atoms with Gasteiger partial charge in [0.2, 0.25) is 0 Å². The Hall–Kier alpha value is 0.00338. The van der Waals surface area contributed by atoms with Crippen LogP contribution in [0.2, 0.25) is 0 Å². The van der Waals surface area contributed by atoms with Gasteiger partial charge in [0, 0.05) is 6.54 Å². The molecule has 0 atom stereocenters. The summed E-state index contributed by atoms with van der Waals surface area (Å²) in [7, 11) is 0. The Kier molecular flexibility index (Phi) is 19.8. The van der Waals surface area contributed by atoms with Gasteiger partial charge in [-0.15, -0.1) is 0 Å². The van der Waals surface area contributed by atoms with Crippen molar-refractivity contribution in [1.29, 1.82) is 0 Å². The maximum Gasteiger partial charge on any atom is 2.00 e. The van der Waals surface area contributed by atoms with Gasteiger partial charge in [0.15, 0.2) is 0 Å². The number of primary amides is 1. The molecule has 0 bridgehead atoms. The van der Waals surface area contributed by atoms with Gasteiger partial charge < -0.3 is 45.9 Å². The fraction of sp³-hybridized carbons (Fsp3) is 0.500. The van der Waals surface area contributed by atoms with Crippen LogP contribution < -0.4 is 11.1 Å². The zero-order valence-electron chi connectivity index (χ0n) is 6.12. The third-order valence-corrected chi connectivity index (χ3v) is 0.465. The minimum Gasteiger partial charge on any atom is -0.719 e. The zero-order valence-corrected chi connectivity index (χ0v) is 10.7. The molecule has 11 heavy (non-hydrogen) atoms. The predicted molar refractivity (Wildman–Crippen MR) is 43.4 cm³/mol. The number of carbonyl (C=O) groups excluding carboxylic acids is 2. The summed E-state index contributed by atoms with van der Waals surface area (Å²) in [6.07, 6.45) is 0. The van der Waals surface area contributed by atoms with Crippen LogP contribution in [0.15, 0.2) is 0 Å². The number of nitrogens with two attached hydrogens (primary N) is 1. The summed E-state index contributed by atoms with van der Waals surface area (Å²) in [4.78, 5) is 18.8. The number of hydrogen-bond acceptors (Lipinski definition) is 4. The van der Waals surface area contributed by atoms with Gasteiger partial charge >= 0.3 is 19.5 Å². The number of amides is 2. The molecule has 0 fully saturated rings. The standard InChI is InChI=1S/C3H7NOS.CH3NOS.Zn/c1-2-4-3(5)6;2-1(3)4;/h2H2,1H3,(H2,4,5,6);(H3,2,3,4);/q;;+2/p-2. The van der Waals surface area contributed by atoms with Crippen LogP contribution in [-0.2, 0) is 44.7 Å². The normalized spacial score (nSPS) is 6.27. The molecule has 0 aliphatic carbocycles. The van der Waals surface area contributed by atoms with E-state index >= 15 is 0 Å². The number of carbonyl (C=O) groups is 2. The van der Waals surface area contributed by atoms with Gasteiger partial charge in [-0.25, -0.2) is 0 Å². The number of hydrogen-bond donors (Lipinski definition) is 2. The molecular weight excluding hydrogens is 238 g/mol. The first-order chi connectivity index (χ1) is 4.50. The molecule has 0 heterocycles. The molecule has 0 aromatic carbocycles. The quantitative estimate of drug-likeness (QED) is 0.499. The first kappa shape index (κ1) is 17.2. The molecule has 0 unspecified atom stereocenters. The smallest absolute Gasteiger partial charge is 0.719 e. The molecule has 3 N–H and O–H groups in total. The van der Waals surface area contributed by atoms with Crippen molar-refractivity contribution in [2.24, 2.45) is 5.73 Å². The molecule has 4 nitrogen and oxygen atoms in total. The average Bonchev–Trinajstić information content (AvgIpc) is 1.62. The summed E-state index contributed by atoms with van der Waals surface area (Å²) in [5, 5.41) is 1.26. The molecule has 0 rings (SSSR count). The van der Waals surface area contributed by atoms with Gasteiger partial charge in [0.25, 0.3) is 0 Å². The van der Waals surface area contributed by atoms with E-state index in [9.17, 15) is 4.79 Å². The Balaban J connectivity index is -0.000000114. The summed E-state index contributed by atoms with van der Waals surface area (Å²) in [5.41, 5.74) is 4.29. The van der Waals surface area contributed by atoms with Crippen LogP contribution >= 0.6 is 0 Å². The van der Waals surface area contributed by atoms with Crippen molar-refractivity contribution < 1.29 is 29.1 Å². The molecular formula is C4H8N2O2S2Zn. The van der Waals surface area contributed by atoms with E-state index in [-0.39, 0.29) is 24.7 Å². The van der Waals surface area contributed by atoms with Crippen LogP contribution in [-0.4, -0.2) is 17.0 Å². The van der Waals surface area contributed by atoms with E-state index in [1.54, 1.807) is 0 Å². The zero-order chi connectivity index (χ0) is 8.57. The van der Waals surface area contributed by atoms with Crippen molar-refractivity contribution in [2.75, 3.05) is 6.54 Å². The van der Waals surface area contributed by atoms with E-state index < -0.39 is 5.24 Å². The van der Waals surface area contributed by atoms with Gasteiger partial charge in [-0.1, -0.05) is 0 Å². The van der Waals surface area contributed by atoms with Crippen LogP contribution in [0.4, 0.5) is 9.59 Å². The Bertz CT molecular complexity index is 119. The minimum atomic E-state index is -0.750. The monoisotopic (exact) mass is 244 g/mol. The van der Waals surface area contributed by atoms with E-state index in [0.717, 1.165) is 0 Å². The van der Waals surface area contributed by atoms with Gasteiger partial charge in [-0.3, -0.25) is 0 Å². The molecule has 0 radical (unpaired) electrons. The predicted octanol–water partition coefficient (Wildman–Crippen LogP) is -0.128. The largest absolute Gasteiger partial charge is 2.00 e. The molecule has 0 aliphatic heterocycles. The summed E-state index contributed by atoms with van der Waals surface area (Å²) < 4.78 is 0. The van der Waals surface area contributed by atoms with Crippen molar-refractivity contribution in [2.45, 2.75) is 6.92 Å². The van der Waals surface area contributed by atoms with Crippen LogP contribution in [0.1, 0.15) is 6.92 Å². The minimum absolute atomic E-state index is 0. The van der Waals surface area contributed by atoms with Crippen LogP contribution in [0.25, 0.3) is 0 Å². The molecule has 0 saturated heterocycles. The topological polar surface area (TPSA) is 72.2 Å². The second-order valence-corrected chi connectivity index (χ2v) is 1.91. The van der Waals surface area contributed by atoms with Crippen molar-refractivity contribution in [3.05, 3.63) is 0 Å². The van der Waals surface area contributed by atoms with Crippen molar-refractivity contribution >= 4 is 35.7 Å². The molecule has 0 aromatic heterocycles. The van der Waals surface area contributed by atoms with Gasteiger partial charge in [-0.2, -0.15) is 0 Å². The third kappa shape index (κ3) is 71.0. The second kappa shape index (κ2) is 12.7. The fourth-order valence-corrected chi connectivity index (χ4v) is 0.289. The second-order valence-electron chi connectivity index (χ2n) is 1.14. The van der Waals surface area contributed by atoms with E-state index in [4.69, 9.17) is 4.79 Å². The first-order valence-corrected chi connectivity index (χ1v) is 3.23. The molecule has 2 amide bonds. The summed E-state index contributed by atoms with van der Waals surface area (Å²) in [6, 6.07) is 0. The summed E-state index contributed by atoms with van der Waals surface area (Å²) in [6.45, 7) is 2.45. The average molecular weight is 246 g/mol. The molecule has 0 aromatic rings. The van der Waals surface area contributed by atoms with Gasteiger partial charge in [-0.05, 0) is 6.92 Å². The van der Waals surface area contributed by atoms with Crippen LogP contribution in [0, 0.1) is 0 Å². The van der Waals surface area contributed by atoms with E-state index in [2.05, 4.69) is 36.3 Å². The SMILES string of the molecule is CCNC(=O)[S-].NC(=O)[S-].[Zn+2]. The molecule has 60 valence electrons. The fourth-order valence-electron chi connectivity index (χ4n) is 0.144. The molecule has 0 spiro atoms. The van der Waals surface area contributed by atoms with Crippen molar-refractivity contribution in [3.63, 3.8) is 0 Å². The Morgan fingerprint density at radius 3 is 1.73 bits per heavy atom. The van der Waals surface area contributed by atoms with E-state index in [0.29, 0.717) is 6.54 Å². The third-order valence-electron chi connectivity index (χ3n) is 0.321.